The van der Waals surface area contributed by atoms with E-state index in [4.69, 9.17) is 4.74 Å². The number of rotatable bonds is 6. The first kappa shape index (κ1) is 26.3. The van der Waals surface area contributed by atoms with Crippen LogP contribution in [0.4, 0.5) is 9.59 Å². The van der Waals surface area contributed by atoms with Crippen LogP contribution in [-0.4, -0.2) is 69.0 Å². The number of imide groups is 1. The van der Waals surface area contributed by atoms with Gasteiger partial charge in [-0.2, -0.15) is 0 Å². The average molecular weight is 532 g/mol. The van der Waals surface area contributed by atoms with Gasteiger partial charge in [-0.05, 0) is 44.4 Å². The fraction of sp³-hybridized carbons (Fsp3) is 0.379. The molecule has 2 saturated heterocycles. The van der Waals surface area contributed by atoms with Gasteiger partial charge in [-0.3, -0.25) is 14.5 Å². The van der Waals surface area contributed by atoms with E-state index in [0.717, 1.165) is 22.0 Å². The maximum Gasteiger partial charge on any atom is 0.407 e. The topological polar surface area (TPSA) is 124 Å². The van der Waals surface area contributed by atoms with Crippen molar-refractivity contribution in [3.63, 3.8) is 0 Å². The number of urea groups is 1. The summed E-state index contributed by atoms with van der Waals surface area (Å²) < 4.78 is 5.55. The van der Waals surface area contributed by atoms with Crippen LogP contribution in [0.25, 0.3) is 10.9 Å². The highest BCUT2D eigenvalue weighted by molar-refractivity contribution is 6.03. The Balaban J connectivity index is 1.48. The van der Waals surface area contributed by atoms with E-state index in [1.54, 1.807) is 20.8 Å². The summed E-state index contributed by atoms with van der Waals surface area (Å²) in [6.07, 6.45) is 1.50. The number of para-hydroxylation sites is 1. The molecule has 204 valence electrons. The quantitative estimate of drug-likeness (QED) is 0.450. The molecule has 3 N–H and O–H groups in total. The van der Waals surface area contributed by atoms with Crippen LogP contribution in [0.1, 0.15) is 38.3 Å². The summed E-state index contributed by atoms with van der Waals surface area (Å²) in [5.74, 6) is -0.787. The molecule has 0 spiro atoms. The molecule has 0 unspecified atom stereocenters. The molecule has 1 aromatic heterocycles. The summed E-state index contributed by atoms with van der Waals surface area (Å²) in [5, 5.41) is 6.82. The Morgan fingerprint density at radius 1 is 1.08 bits per heavy atom. The van der Waals surface area contributed by atoms with Crippen molar-refractivity contribution in [3.8, 4) is 0 Å². The van der Waals surface area contributed by atoms with Crippen molar-refractivity contribution in [2.75, 3.05) is 6.54 Å². The highest BCUT2D eigenvalue weighted by Gasteiger charge is 2.50. The number of fused-ring (bicyclic) bond motifs is 2. The number of carbonyl (C=O) groups excluding carboxylic acids is 4. The molecular formula is C29H33N5O5. The first-order valence-corrected chi connectivity index (χ1v) is 13.1. The van der Waals surface area contributed by atoms with E-state index in [9.17, 15) is 19.2 Å². The first-order valence-electron chi connectivity index (χ1n) is 13.1. The third-order valence-electron chi connectivity index (χ3n) is 7.07. The van der Waals surface area contributed by atoms with Gasteiger partial charge in [0.1, 0.15) is 11.6 Å². The van der Waals surface area contributed by atoms with Crippen LogP contribution >= 0.6 is 0 Å². The van der Waals surface area contributed by atoms with Crippen LogP contribution < -0.4 is 10.6 Å². The van der Waals surface area contributed by atoms with Crippen LogP contribution in [-0.2, 0) is 27.3 Å². The van der Waals surface area contributed by atoms with Gasteiger partial charge in [0, 0.05) is 23.6 Å². The SMILES string of the molecule is CC(C)(C)OC(=O)N[C@H](Cc1c[nH]c2ccccc12)[C@@H]1CNC(=O)[C@@H]2CC(=O)N(Cc3ccccc3)C(=O)N21. The zero-order chi connectivity index (χ0) is 27.7. The van der Waals surface area contributed by atoms with Crippen molar-refractivity contribution in [2.24, 2.45) is 0 Å². The molecule has 0 bridgehead atoms. The number of nitrogens with zero attached hydrogens (tertiary/aromatic N) is 2. The summed E-state index contributed by atoms with van der Waals surface area (Å²) in [4.78, 5) is 58.6. The Labute approximate surface area is 226 Å². The third kappa shape index (κ3) is 5.59. The summed E-state index contributed by atoms with van der Waals surface area (Å²) in [6.45, 7) is 5.55. The number of hydrogen-bond donors (Lipinski definition) is 3. The first-order chi connectivity index (χ1) is 18.6. The van der Waals surface area contributed by atoms with Gasteiger partial charge in [0.15, 0.2) is 0 Å². The highest BCUT2D eigenvalue weighted by Crippen LogP contribution is 2.28. The number of aromatic nitrogens is 1. The van der Waals surface area contributed by atoms with Gasteiger partial charge in [-0.15, -0.1) is 0 Å². The van der Waals surface area contributed by atoms with E-state index in [0.29, 0.717) is 6.42 Å². The van der Waals surface area contributed by atoms with Crippen LogP contribution in [0, 0.1) is 0 Å². The lowest BCUT2D eigenvalue weighted by Crippen LogP contribution is -2.72. The maximum atomic E-state index is 13.9. The summed E-state index contributed by atoms with van der Waals surface area (Å²) in [7, 11) is 0. The van der Waals surface area contributed by atoms with E-state index < -0.39 is 41.8 Å². The van der Waals surface area contributed by atoms with E-state index >= 15 is 0 Å². The standard InChI is InChI=1S/C29H33N5O5/c1-29(2,3)39-27(37)32-22(13-19-15-30-21-12-8-7-11-20(19)21)24-16-31-26(36)23-14-25(35)33(28(38)34(23)24)17-18-9-5-4-6-10-18/h4-12,15,22-24,30H,13-14,16-17H2,1-3H3,(H,31,36)(H,32,37)/t22-,23+,24+/m1/s1. The van der Waals surface area contributed by atoms with E-state index in [1.165, 1.54) is 9.80 Å². The Kier molecular flexibility index (Phi) is 7.03. The molecule has 0 saturated carbocycles. The largest absolute Gasteiger partial charge is 0.444 e. The number of aromatic amines is 1. The number of amides is 5. The number of hydrogen-bond acceptors (Lipinski definition) is 5. The summed E-state index contributed by atoms with van der Waals surface area (Å²) >= 11 is 0. The fourth-order valence-electron chi connectivity index (χ4n) is 5.30. The van der Waals surface area contributed by atoms with E-state index in [1.807, 2.05) is 60.8 Å². The molecular weight excluding hydrogens is 498 g/mol. The smallest absolute Gasteiger partial charge is 0.407 e. The molecule has 3 aromatic rings. The predicted molar refractivity (Wildman–Crippen MR) is 145 cm³/mol. The molecule has 5 rings (SSSR count). The van der Waals surface area contributed by atoms with Crippen molar-refractivity contribution in [2.45, 2.75) is 63.9 Å². The lowest BCUT2D eigenvalue weighted by Gasteiger charge is -2.48. The summed E-state index contributed by atoms with van der Waals surface area (Å²) in [6, 6.07) is 14.3. The normalized spacial score (nSPS) is 20.4. The van der Waals surface area contributed by atoms with Crippen LogP contribution in [0.5, 0.6) is 0 Å². The highest BCUT2D eigenvalue weighted by atomic mass is 16.6. The van der Waals surface area contributed by atoms with Crippen LogP contribution in [0.15, 0.2) is 60.8 Å². The predicted octanol–water partition coefficient (Wildman–Crippen LogP) is 3.33. The van der Waals surface area contributed by atoms with Crippen LogP contribution in [0.2, 0.25) is 0 Å². The second kappa shape index (κ2) is 10.4. The lowest BCUT2D eigenvalue weighted by molar-refractivity contribution is -0.143. The second-order valence-electron chi connectivity index (χ2n) is 11.0. The Hall–Kier alpha value is -4.34. The van der Waals surface area contributed by atoms with Gasteiger partial charge >= 0.3 is 12.1 Å². The minimum absolute atomic E-state index is 0.0999. The number of H-pyrrole nitrogens is 1. The maximum absolute atomic E-state index is 13.9. The number of piperazine rings is 1. The van der Waals surface area contributed by atoms with Crippen molar-refractivity contribution in [3.05, 3.63) is 71.9 Å². The van der Waals surface area contributed by atoms with E-state index in [2.05, 4.69) is 15.6 Å². The number of ether oxygens (including phenoxy) is 1. The molecule has 2 aliphatic rings. The molecule has 0 aliphatic carbocycles. The summed E-state index contributed by atoms with van der Waals surface area (Å²) in [5.41, 5.74) is 1.98. The average Bonchev–Trinajstić information content (AvgIpc) is 3.29. The molecule has 10 nitrogen and oxygen atoms in total. The molecule has 5 amide bonds. The number of alkyl carbamates (subject to hydrolysis) is 1. The Bertz CT molecular complexity index is 1400. The Morgan fingerprint density at radius 2 is 1.79 bits per heavy atom. The lowest BCUT2D eigenvalue weighted by atomic mass is 9.92. The number of nitrogens with one attached hydrogen (secondary N) is 3. The van der Waals surface area contributed by atoms with Crippen LogP contribution in [0.3, 0.4) is 0 Å². The van der Waals surface area contributed by atoms with Gasteiger partial charge in [0.25, 0.3) is 0 Å². The molecule has 2 aliphatic heterocycles. The molecule has 10 heteroatoms. The third-order valence-corrected chi connectivity index (χ3v) is 7.07. The van der Waals surface area contributed by atoms with Crippen molar-refractivity contribution in [1.82, 2.24) is 25.4 Å². The van der Waals surface area contributed by atoms with Gasteiger partial charge in [-0.1, -0.05) is 48.5 Å². The molecule has 2 fully saturated rings. The Morgan fingerprint density at radius 3 is 2.54 bits per heavy atom. The zero-order valence-electron chi connectivity index (χ0n) is 22.3. The van der Waals surface area contributed by atoms with Crippen molar-refractivity contribution >= 4 is 34.8 Å². The fourth-order valence-corrected chi connectivity index (χ4v) is 5.30. The molecule has 3 atom stereocenters. The number of benzene rings is 2. The molecule has 39 heavy (non-hydrogen) atoms. The minimum atomic E-state index is -0.957. The zero-order valence-corrected chi connectivity index (χ0v) is 22.3. The van der Waals surface area contributed by atoms with Crippen molar-refractivity contribution in [1.29, 1.82) is 0 Å². The monoisotopic (exact) mass is 531 g/mol. The van der Waals surface area contributed by atoms with Gasteiger partial charge in [0.05, 0.1) is 25.0 Å². The van der Waals surface area contributed by atoms with Gasteiger partial charge < -0.3 is 25.3 Å². The minimum Gasteiger partial charge on any atom is -0.444 e. The van der Waals surface area contributed by atoms with Crippen molar-refractivity contribution < 1.29 is 23.9 Å². The molecule has 0 radical (unpaired) electrons. The van der Waals surface area contributed by atoms with Gasteiger partial charge in [-0.25, -0.2) is 9.59 Å². The molecule has 3 heterocycles. The van der Waals surface area contributed by atoms with Gasteiger partial charge in [0.2, 0.25) is 11.8 Å². The molecule has 2 aromatic carbocycles. The van der Waals surface area contributed by atoms with E-state index in [-0.39, 0.29) is 25.4 Å². The number of carbonyl (C=O) groups is 4. The second-order valence-corrected chi connectivity index (χ2v) is 11.0.